The summed E-state index contributed by atoms with van der Waals surface area (Å²) in [4.78, 5) is 12.9. The molecule has 6 heteroatoms. The van der Waals surface area contributed by atoms with E-state index in [1.165, 1.54) is 25.7 Å². The van der Waals surface area contributed by atoms with Crippen molar-refractivity contribution in [1.82, 2.24) is 0 Å². The van der Waals surface area contributed by atoms with Gasteiger partial charge in [0.1, 0.15) is 28.8 Å². The molecule has 0 unspecified atom stereocenters. The summed E-state index contributed by atoms with van der Waals surface area (Å²) in [6.45, 7) is 11.9. The van der Waals surface area contributed by atoms with E-state index in [0.717, 1.165) is 35.0 Å². The first kappa shape index (κ1) is 26.7. The number of aliphatic hydroxyl groups is 3. The van der Waals surface area contributed by atoms with Crippen molar-refractivity contribution in [2.75, 3.05) is 0 Å². The summed E-state index contributed by atoms with van der Waals surface area (Å²) in [7, 11) is 0. The highest BCUT2D eigenvalue weighted by molar-refractivity contribution is 6.02. The standard InChI is InChI=1S/C34H38O6/c1-17(2)29-27(36)16-22-14-21-15-25-24(28-12-9-23(40-28)13-20-7-5-18(3)6-8-20)10-11-26(35)31(25)19(4)30(21)33(38)34(22,39)32(29)37/h9-12,18,20-22,35,37-39H,1,4-8,13-16H2,2-3H3/t18?,20?,21-,22+,34-/m0/s1. The molecule has 4 N–H and O–H groups in total. The summed E-state index contributed by atoms with van der Waals surface area (Å²) in [6.07, 6.45) is 6.71. The third-order valence-corrected chi connectivity index (χ3v) is 9.84. The SMILES string of the molecule is C=C(C)C1=C(O)[C@]2(O)C(O)=C3C(=C)c4c(O)ccc(-c5ccc(CC6CCC(C)CC6)o5)c4C[C@@H]3C[C@@H]2CC1=O. The summed E-state index contributed by atoms with van der Waals surface area (Å²) < 4.78 is 6.36. The quantitative estimate of drug-likeness (QED) is 0.327. The van der Waals surface area contributed by atoms with E-state index in [1.54, 1.807) is 13.0 Å². The van der Waals surface area contributed by atoms with Gasteiger partial charge in [0.05, 0.1) is 5.57 Å². The van der Waals surface area contributed by atoms with Gasteiger partial charge >= 0.3 is 0 Å². The van der Waals surface area contributed by atoms with Crippen molar-refractivity contribution in [2.45, 2.75) is 70.8 Å². The van der Waals surface area contributed by atoms with Crippen molar-refractivity contribution in [2.24, 2.45) is 23.7 Å². The third kappa shape index (κ3) is 3.99. The minimum atomic E-state index is -2.10. The molecule has 4 aliphatic rings. The first-order valence-electron chi connectivity index (χ1n) is 14.4. The number of aliphatic hydroxyl groups excluding tert-OH is 2. The van der Waals surface area contributed by atoms with Crippen molar-refractivity contribution in [3.05, 3.63) is 82.5 Å². The Labute approximate surface area is 235 Å². The molecule has 2 aromatic rings. The summed E-state index contributed by atoms with van der Waals surface area (Å²) in [5, 5.41) is 45.2. The summed E-state index contributed by atoms with van der Waals surface area (Å²) in [5.74, 6) is 0.952. The van der Waals surface area contributed by atoms with Crippen LogP contribution in [0.15, 0.2) is 70.1 Å². The predicted molar refractivity (Wildman–Crippen MR) is 154 cm³/mol. The molecule has 0 saturated heterocycles. The van der Waals surface area contributed by atoms with Crippen molar-refractivity contribution < 1.29 is 29.6 Å². The first-order valence-corrected chi connectivity index (χ1v) is 14.4. The molecule has 4 aliphatic carbocycles. The fraction of sp³-hybridized carbons (Fsp3) is 0.441. The lowest BCUT2D eigenvalue weighted by Crippen LogP contribution is -2.52. The third-order valence-electron chi connectivity index (χ3n) is 9.84. The number of Topliss-reactive ketones (excluding diaryl/α,β-unsaturated/α-hetero) is 1. The van der Waals surface area contributed by atoms with Crippen LogP contribution >= 0.6 is 0 Å². The normalized spacial score (nSPS) is 30.2. The monoisotopic (exact) mass is 542 g/mol. The number of phenols is 1. The van der Waals surface area contributed by atoms with Crippen LogP contribution in [0.3, 0.4) is 0 Å². The highest BCUT2D eigenvalue weighted by Crippen LogP contribution is 2.56. The van der Waals surface area contributed by atoms with E-state index >= 15 is 0 Å². The molecular weight excluding hydrogens is 504 g/mol. The minimum Gasteiger partial charge on any atom is -0.508 e. The summed E-state index contributed by atoms with van der Waals surface area (Å²) >= 11 is 0. The zero-order valence-electron chi connectivity index (χ0n) is 23.3. The van der Waals surface area contributed by atoms with Gasteiger partial charge in [-0.25, -0.2) is 0 Å². The van der Waals surface area contributed by atoms with Crippen molar-refractivity contribution in [3.8, 4) is 17.1 Å². The van der Waals surface area contributed by atoms with Gasteiger partial charge in [-0.15, -0.1) is 0 Å². The molecular formula is C34H38O6. The predicted octanol–water partition coefficient (Wildman–Crippen LogP) is 7.13. The molecule has 0 radical (unpaired) electrons. The van der Waals surface area contributed by atoms with Gasteiger partial charge in [-0.05, 0) is 91.3 Å². The number of hydrogen-bond donors (Lipinski definition) is 4. The molecule has 0 spiro atoms. The number of aromatic hydroxyl groups is 1. The summed E-state index contributed by atoms with van der Waals surface area (Å²) in [6, 6.07) is 7.50. The van der Waals surface area contributed by atoms with E-state index < -0.39 is 23.0 Å². The number of phenolic OH excluding ortho intramolecular Hbond substituents is 1. The minimum absolute atomic E-state index is 0.00961. The largest absolute Gasteiger partial charge is 0.508 e. The maximum absolute atomic E-state index is 12.9. The van der Waals surface area contributed by atoms with E-state index in [2.05, 4.69) is 20.1 Å². The van der Waals surface area contributed by atoms with Gasteiger partial charge in [-0.3, -0.25) is 4.79 Å². The van der Waals surface area contributed by atoms with Crippen LogP contribution in [0.4, 0.5) is 0 Å². The second kappa shape index (κ2) is 9.55. The number of allylic oxidation sites excluding steroid dienone is 4. The van der Waals surface area contributed by atoms with E-state index in [1.807, 2.05) is 18.2 Å². The van der Waals surface area contributed by atoms with Crippen molar-refractivity contribution in [1.29, 1.82) is 0 Å². The lowest BCUT2D eigenvalue weighted by atomic mass is 9.59. The Morgan fingerprint density at radius 3 is 2.48 bits per heavy atom. The average Bonchev–Trinajstić information content (AvgIpc) is 3.35. The molecule has 6 nitrogen and oxygen atoms in total. The molecule has 1 saturated carbocycles. The molecule has 210 valence electrons. The lowest BCUT2D eigenvalue weighted by Gasteiger charge is -2.47. The number of benzene rings is 1. The zero-order valence-corrected chi connectivity index (χ0v) is 23.3. The summed E-state index contributed by atoms with van der Waals surface area (Å²) in [5.41, 5.74) is 1.25. The maximum atomic E-state index is 12.9. The molecule has 40 heavy (non-hydrogen) atoms. The second-order valence-corrected chi connectivity index (χ2v) is 12.6. The van der Waals surface area contributed by atoms with Gasteiger partial charge in [0.25, 0.3) is 0 Å². The van der Waals surface area contributed by atoms with E-state index in [4.69, 9.17) is 4.42 Å². The fourth-order valence-electron chi connectivity index (χ4n) is 7.67. The van der Waals surface area contributed by atoms with E-state index in [-0.39, 0.29) is 29.4 Å². The first-order chi connectivity index (χ1) is 19.0. The van der Waals surface area contributed by atoms with Gasteiger partial charge in [-0.2, -0.15) is 0 Å². The number of hydrogen-bond acceptors (Lipinski definition) is 6. The molecule has 1 heterocycles. The Morgan fingerprint density at radius 2 is 1.77 bits per heavy atom. The van der Waals surface area contributed by atoms with Crippen LogP contribution in [0.1, 0.15) is 69.3 Å². The van der Waals surface area contributed by atoms with Crippen molar-refractivity contribution in [3.63, 3.8) is 0 Å². The van der Waals surface area contributed by atoms with Crippen LogP contribution in [-0.4, -0.2) is 31.8 Å². The van der Waals surface area contributed by atoms with Crippen LogP contribution in [0.5, 0.6) is 5.75 Å². The smallest absolute Gasteiger partial charge is 0.182 e. The Hall–Kier alpha value is -3.51. The highest BCUT2D eigenvalue weighted by Gasteiger charge is 2.57. The Balaban J connectivity index is 1.39. The fourth-order valence-corrected chi connectivity index (χ4v) is 7.67. The van der Waals surface area contributed by atoms with Gasteiger partial charge in [-0.1, -0.05) is 32.9 Å². The number of rotatable bonds is 4. The maximum Gasteiger partial charge on any atom is 0.182 e. The lowest BCUT2D eigenvalue weighted by molar-refractivity contribution is -0.123. The van der Waals surface area contributed by atoms with Crippen LogP contribution in [0.25, 0.3) is 16.9 Å². The molecule has 0 bridgehead atoms. The molecule has 0 amide bonds. The van der Waals surface area contributed by atoms with Crippen LogP contribution < -0.4 is 0 Å². The molecule has 1 aromatic heterocycles. The number of carbonyl (C=O) groups is 1. The second-order valence-electron chi connectivity index (χ2n) is 12.6. The van der Waals surface area contributed by atoms with E-state index in [0.29, 0.717) is 41.0 Å². The van der Waals surface area contributed by atoms with Crippen LogP contribution in [-0.2, 0) is 17.6 Å². The Bertz CT molecular complexity index is 1490. The molecule has 1 aromatic carbocycles. The van der Waals surface area contributed by atoms with E-state index in [9.17, 15) is 25.2 Å². The number of ketones is 1. The number of carbonyl (C=O) groups excluding carboxylic acids is 1. The van der Waals surface area contributed by atoms with Crippen LogP contribution in [0, 0.1) is 23.7 Å². The average molecular weight is 543 g/mol. The van der Waals surface area contributed by atoms with Gasteiger partial charge in [0, 0.05) is 35.5 Å². The molecule has 3 atom stereocenters. The molecule has 0 aliphatic heterocycles. The van der Waals surface area contributed by atoms with Crippen LogP contribution in [0.2, 0.25) is 0 Å². The molecule has 1 fully saturated rings. The topological polar surface area (TPSA) is 111 Å². The zero-order chi connectivity index (χ0) is 28.5. The molecule has 6 rings (SSSR count). The highest BCUT2D eigenvalue weighted by atomic mass is 16.4. The number of furan rings is 1. The Kier molecular flexibility index (Phi) is 6.37. The van der Waals surface area contributed by atoms with Gasteiger partial charge < -0.3 is 24.8 Å². The Morgan fingerprint density at radius 1 is 1.05 bits per heavy atom. The van der Waals surface area contributed by atoms with Gasteiger partial charge in [0.15, 0.2) is 11.4 Å². The van der Waals surface area contributed by atoms with Crippen molar-refractivity contribution >= 4 is 11.4 Å². The number of fused-ring (bicyclic) bond motifs is 3. The van der Waals surface area contributed by atoms with Gasteiger partial charge in [0.2, 0.25) is 0 Å².